The normalized spacial score (nSPS) is 13.5. The highest BCUT2D eigenvalue weighted by Gasteiger charge is 2.23. The Balaban J connectivity index is 1.99. The third-order valence-corrected chi connectivity index (χ3v) is 4.17. The summed E-state index contributed by atoms with van der Waals surface area (Å²) < 4.78 is 7.59. The van der Waals surface area contributed by atoms with E-state index < -0.39 is 0 Å². The van der Waals surface area contributed by atoms with Crippen LogP contribution in [0.2, 0.25) is 0 Å². The third-order valence-electron chi connectivity index (χ3n) is 4.17. The summed E-state index contributed by atoms with van der Waals surface area (Å²) in [7, 11) is 3.69. The molecule has 0 bridgehead atoms. The number of para-hydroxylation sites is 1. The Hall–Kier alpha value is -2.66. The second-order valence-electron chi connectivity index (χ2n) is 5.75. The molecule has 0 aliphatic carbocycles. The Kier molecular flexibility index (Phi) is 4.91. The molecule has 0 aliphatic heterocycles. The number of pyridine rings is 1. The summed E-state index contributed by atoms with van der Waals surface area (Å²) in [6.07, 6.45) is 7.43. The van der Waals surface area contributed by atoms with E-state index in [0.717, 1.165) is 22.7 Å². The predicted molar refractivity (Wildman–Crippen MR) is 93.8 cm³/mol. The highest BCUT2D eigenvalue weighted by Crippen LogP contribution is 2.31. The van der Waals surface area contributed by atoms with Gasteiger partial charge in [0.05, 0.1) is 13.2 Å². The first kappa shape index (κ1) is 16.2. The minimum absolute atomic E-state index is 0.0867. The number of methoxy groups -OCH3 is 1. The van der Waals surface area contributed by atoms with E-state index in [1.807, 2.05) is 54.5 Å². The van der Waals surface area contributed by atoms with E-state index in [4.69, 9.17) is 4.74 Å². The van der Waals surface area contributed by atoms with Crippen LogP contribution < -0.4 is 10.1 Å². The molecule has 0 saturated heterocycles. The van der Waals surface area contributed by atoms with Crippen molar-refractivity contribution in [3.05, 3.63) is 78.1 Å². The van der Waals surface area contributed by atoms with Crippen LogP contribution in [0.3, 0.4) is 0 Å². The lowest BCUT2D eigenvalue weighted by molar-refractivity contribution is 0.396. The second kappa shape index (κ2) is 7.27. The molecule has 5 nitrogen and oxygen atoms in total. The molecule has 1 N–H and O–H groups in total. The molecule has 24 heavy (non-hydrogen) atoms. The van der Waals surface area contributed by atoms with Crippen LogP contribution in [0.5, 0.6) is 5.75 Å². The maximum Gasteiger partial charge on any atom is 0.130 e. The number of aromatic nitrogens is 3. The van der Waals surface area contributed by atoms with Gasteiger partial charge < -0.3 is 9.30 Å². The van der Waals surface area contributed by atoms with Gasteiger partial charge in [-0.25, -0.2) is 4.98 Å². The lowest BCUT2D eigenvalue weighted by atomic mass is 10.0. The molecule has 0 spiro atoms. The van der Waals surface area contributed by atoms with Gasteiger partial charge in [-0.05, 0) is 24.6 Å². The lowest BCUT2D eigenvalue weighted by Crippen LogP contribution is -2.28. The minimum atomic E-state index is -0.0867. The van der Waals surface area contributed by atoms with Crippen molar-refractivity contribution in [1.82, 2.24) is 19.9 Å². The van der Waals surface area contributed by atoms with Gasteiger partial charge in [0, 0.05) is 43.4 Å². The fourth-order valence-electron chi connectivity index (χ4n) is 2.84. The van der Waals surface area contributed by atoms with Crippen LogP contribution in [-0.2, 0) is 7.05 Å². The van der Waals surface area contributed by atoms with Crippen LogP contribution in [0, 0.1) is 0 Å². The zero-order chi connectivity index (χ0) is 16.9. The zero-order valence-corrected chi connectivity index (χ0v) is 14.2. The van der Waals surface area contributed by atoms with Crippen molar-refractivity contribution in [3.63, 3.8) is 0 Å². The smallest absolute Gasteiger partial charge is 0.130 e. The Bertz CT molecular complexity index is 785. The highest BCUT2D eigenvalue weighted by atomic mass is 16.5. The maximum absolute atomic E-state index is 5.56. The highest BCUT2D eigenvalue weighted by molar-refractivity contribution is 5.39. The molecule has 124 valence electrons. The number of ether oxygens (including phenoxy) is 1. The van der Waals surface area contributed by atoms with Crippen LogP contribution in [0.15, 0.2) is 61.2 Å². The van der Waals surface area contributed by atoms with E-state index in [1.165, 1.54) is 0 Å². The van der Waals surface area contributed by atoms with Gasteiger partial charge in [0.15, 0.2) is 0 Å². The molecule has 0 saturated carbocycles. The Morgan fingerprint density at radius 3 is 2.62 bits per heavy atom. The van der Waals surface area contributed by atoms with Crippen LogP contribution in [0.25, 0.3) is 0 Å². The summed E-state index contributed by atoms with van der Waals surface area (Å²) in [6, 6.07) is 12.1. The van der Waals surface area contributed by atoms with Crippen molar-refractivity contribution in [1.29, 1.82) is 0 Å². The summed E-state index contributed by atoms with van der Waals surface area (Å²) in [4.78, 5) is 8.76. The van der Waals surface area contributed by atoms with Gasteiger partial charge in [-0.15, -0.1) is 0 Å². The molecular formula is C19H22N4O. The van der Waals surface area contributed by atoms with Crippen LogP contribution >= 0.6 is 0 Å². The van der Waals surface area contributed by atoms with Crippen molar-refractivity contribution in [2.45, 2.75) is 19.0 Å². The van der Waals surface area contributed by atoms with Gasteiger partial charge in [-0.1, -0.05) is 24.3 Å². The summed E-state index contributed by atoms with van der Waals surface area (Å²) in [6.45, 7) is 2.13. The first-order valence-electron chi connectivity index (χ1n) is 7.97. The van der Waals surface area contributed by atoms with Crippen molar-refractivity contribution in [2.75, 3.05) is 7.11 Å². The first-order valence-corrected chi connectivity index (χ1v) is 7.97. The van der Waals surface area contributed by atoms with Gasteiger partial charge in [0.25, 0.3) is 0 Å². The minimum Gasteiger partial charge on any atom is -0.496 e. The molecule has 0 aliphatic rings. The van der Waals surface area contributed by atoms with Crippen LogP contribution in [0.4, 0.5) is 0 Å². The number of rotatable bonds is 6. The monoisotopic (exact) mass is 322 g/mol. The molecule has 2 atom stereocenters. The van der Waals surface area contributed by atoms with E-state index in [9.17, 15) is 0 Å². The number of imidazole rings is 1. The summed E-state index contributed by atoms with van der Waals surface area (Å²) in [5, 5.41) is 3.66. The van der Waals surface area contributed by atoms with E-state index in [1.54, 1.807) is 13.3 Å². The Morgan fingerprint density at radius 2 is 1.96 bits per heavy atom. The van der Waals surface area contributed by atoms with Gasteiger partial charge in [0.2, 0.25) is 0 Å². The predicted octanol–water partition coefficient (Wildman–Crippen LogP) is 3.26. The van der Waals surface area contributed by atoms with Crippen molar-refractivity contribution in [2.24, 2.45) is 7.05 Å². The molecule has 0 unspecified atom stereocenters. The van der Waals surface area contributed by atoms with E-state index in [0.29, 0.717) is 0 Å². The first-order chi connectivity index (χ1) is 11.7. The van der Waals surface area contributed by atoms with Crippen molar-refractivity contribution in [3.8, 4) is 5.75 Å². The van der Waals surface area contributed by atoms with Gasteiger partial charge in [-0.3, -0.25) is 10.3 Å². The lowest BCUT2D eigenvalue weighted by Gasteiger charge is -2.25. The average Bonchev–Trinajstić information content (AvgIpc) is 3.06. The largest absolute Gasteiger partial charge is 0.496 e. The summed E-state index contributed by atoms with van der Waals surface area (Å²) in [5.74, 6) is 1.78. The van der Waals surface area contributed by atoms with Crippen molar-refractivity contribution < 1.29 is 4.74 Å². The molecule has 2 aromatic heterocycles. The molecule has 3 aromatic rings. The van der Waals surface area contributed by atoms with Crippen molar-refractivity contribution >= 4 is 0 Å². The number of hydrogen-bond donors (Lipinski definition) is 1. The number of nitrogens with zero attached hydrogens (tertiary/aromatic N) is 3. The summed E-state index contributed by atoms with van der Waals surface area (Å²) in [5.41, 5.74) is 2.19. The molecule has 2 heterocycles. The van der Waals surface area contributed by atoms with Gasteiger partial charge in [0.1, 0.15) is 11.6 Å². The molecular weight excluding hydrogens is 300 g/mol. The zero-order valence-electron chi connectivity index (χ0n) is 14.2. The Labute approximate surface area is 142 Å². The van der Waals surface area contributed by atoms with Gasteiger partial charge in [-0.2, -0.15) is 0 Å². The van der Waals surface area contributed by atoms with E-state index >= 15 is 0 Å². The molecule has 0 amide bonds. The molecule has 3 rings (SSSR count). The fraction of sp³-hybridized carbons (Fsp3) is 0.263. The maximum atomic E-state index is 5.56. The quantitative estimate of drug-likeness (QED) is 0.757. The standard InChI is InChI=1S/C19H22N4O/c1-14(15-7-6-10-20-13-15)22-18(19-21-11-12-23(19)2)16-8-4-5-9-17(16)24-3/h4-14,18,22H,1-3H3/t14-,18-/m1/s1. The van der Waals surface area contributed by atoms with E-state index in [2.05, 4.69) is 34.3 Å². The molecule has 5 heteroatoms. The van der Waals surface area contributed by atoms with Crippen LogP contribution in [0.1, 0.15) is 36.0 Å². The second-order valence-corrected chi connectivity index (χ2v) is 5.75. The SMILES string of the molecule is COc1ccccc1[C@@H](N[C@H](C)c1cccnc1)c1nccn1C. The number of aryl methyl sites for hydroxylation is 1. The topological polar surface area (TPSA) is 52.0 Å². The van der Waals surface area contributed by atoms with Gasteiger partial charge >= 0.3 is 0 Å². The number of hydrogen-bond acceptors (Lipinski definition) is 4. The molecule has 1 aromatic carbocycles. The fourth-order valence-corrected chi connectivity index (χ4v) is 2.84. The molecule has 0 radical (unpaired) electrons. The van der Waals surface area contributed by atoms with Crippen LogP contribution in [-0.4, -0.2) is 21.6 Å². The average molecular weight is 322 g/mol. The summed E-state index contributed by atoms with van der Waals surface area (Å²) >= 11 is 0. The number of nitrogens with one attached hydrogen (secondary N) is 1. The number of benzene rings is 1. The molecule has 0 fully saturated rings. The van der Waals surface area contributed by atoms with E-state index in [-0.39, 0.29) is 12.1 Å². The third kappa shape index (κ3) is 3.31. The Morgan fingerprint density at radius 1 is 1.12 bits per heavy atom.